The minimum Gasteiger partial charge on any atom is -0.493 e. The lowest BCUT2D eigenvalue weighted by Gasteiger charge is -2.19. The number of aliphatic imine (C=N–C) groups is 1. The number of benzene rings is 1. The standard InChI is InChI=1S/C20H33N3O2S.HI/c1-15-6-9-17(18(12-15)25-14-16-7-8-16)13-23-19(21-5)22-10-11-26(24)20(2,3)4;/h6,9,12,16H,7-8,10-11,13-14H2,1-5H3,(H2,21,22,23);1H. The molecule has 0 aromatic heterocycles. The molecule has 0 bridgehead atoms. The van der Waals surface area contributed by atoms with E-state index in [4.69, 9.17) is 4.74 Å². The number of halogens is 1. The van der Waals surface area contributed by atoms with Crippen LogP contribution in [0.2, 0.25) is 0 Å². The van der Waals surface area contributed by atoms with E-state index in [-0.39, 0.29) is 28.7 Å². The van der Waals surface area contributed by atoms with Crippen LogP contribution in [-0.2, 0) is 17.3 Å². The largest absolute Gasteiger partial charge is 0.493 e. The lowest BCUT2D eigenvalue weighted by Crippen LogP contribution is -2.40. The molecule has 2 rings (SSSR count). The normalized spacial score (nSPS) is 15.7. The van der Waals surface area contributed by atoms with Gasteiger partial charge in [0.25, 0.3) is 0 Å². The van der Waals surface area contributed by atoms with Gasteiger partial charge in [0, 0.05) is 47.0 Å². The van der Waals surface area contributed by atoms with Gasteiger partial charge in [0.1, 0.15) is 5.75 Å². The number of ether oxygens (including phenoxy) is 1. The topological polar surface area (TPSA) is 62.7 Å². The van der Waals surface area contributed by atoms with Crippen molar-refractivity contribution in [1.82, 2.24) is 10.6 Å². The summed E-state index contributed by atoms with van der Waals surface area (Å²) in [6.45, 7) is 10.1. The third-order valence-electron chi connectivity index (χ3n) is 4.33. The number of rotatable bonds is 8. The maximum absolute atomic E-state index is 12.1. The summed E-state index contributed by atoms with van der Waals surface area (Å²) in [7, 11) is 0.877. The van der Waals surface area contributed by atoms with Crippen molar-refractivity contribution in [1.29, 1.82) is 0 Å². The van der Waals surface area contributed by atoms with E-state index >= 15 is 0 Å². The van der Waals surface area contributed by atoms with Gasteiger partial charge in [-0.05, 0) is 58.1 Å². The van der Waals surface area contributed by atoms with Gasteiger partial charge in [0.2, 0.25) is 0 Å². The second kappa shape index (κ2) is 11.2. The van der Waals surface area contributed by atoms with Gasteiger partial charge in [-0.25, -0.2) is 0 Å². The van der Waals surface area contributed by atoms with Gasteiger partial charge >= 0.3 is 0 Å². The van der Waals surface area contributed by atoms with Crippen molar-refractivity contribution >= 4 is 40.7 Å². The second-order valence-corrected chi connectivity index (χ2v) is 10.2. The van der Waals surface area contributed by atoms with Crippen LogP contribution in [0, 0.1) is 12.8 Å². The van der Waals surface area contributed by atoms with Crippen LogP contribution in [-0.4, -0.2) is 40.9 Å². The van der Waals surface area contributed by atoms with Crippen molar-refractivity contribution in [3.05, 3.63) is 29.3 Å². The molecular weight excluding hydrogens is 473 g/mol. The Morgan fingerprint density at radius 3 is 2.59 bits per heavy atom. The number of guanidine groups is 1. The molecule has 1 unspecified atom stereocenters. The van der Waals surface area contributed by atoms with E-state index in [0.717, 1.165) is 23.8 Å². The van der Waals surface area contributed by atoms with E-state index in [1.807, 2.05) is 20.8 Å². The SMILES string of the molecule is CN=C(NCCS(=O)C(C)(C)C)NCc1ccc(C)cc1OCC1CC1.I. The zero-order valence-corrected chi connectivity index (χ0v) is 20.3. The molecule has 154 valence electrons. The molecule has 0 saturated heterocycles. The predicted octanol–water partition coefficient (Wildman–Crippen LogP) is 3.61. The second-order valence-electron chi connectivity index (χ2n) is 7.88. The van der Waals surface area contributed by atoms with Crippen LogP contribution in [0.3, 0.4) is 0 Å². The van der Waals surface area contributed by atoms with Crippen LogP contribution in [0.25, 0.3) is 0 Å². The lowest BCUT2D eigenvalue weighted by molar-refractivity contribution is 0.296. The molecule has 1 saturated carbocycles. The summed E-state index contributed by atoms with van der Waals surface area (Å²) in [5.74, 6) is 3.00. The number of hydrogen-bond acceptors (Lipinski definition) is 3. The number of hydrogen-bond donors (Lipinski definition) is 2. The molecule has 0 radical (unpaired) electrons. The van der Waals surface area contributed by atoms with Gasteiger partial charge in [0.05, 0.1) is 6.61 Å². The zero-order valence-electron chi connectivity index (χ0n) is 17.1. The Morgan fingerprint density at radius 1 is 1.30 bits per heavy atom. The summed E-state index contributed by atoms with van der Waals surface area (Å²) in [5, 5.41) is 6.56. The van der Waals surface area contributed by atoms with E-state index in [1.54, 1.807) is 7.05 Å². The quantitative estimate of drug-likeness (QED) is 0.321. The lowest BCUT2D eigenvalue weighted by atomic mass is 10.1. The molecule has 1 fully saturated rings. The van der Waals surface area contributed by atoms with Crippen LogP contribution in [0.5, 0.6) is 5.75 Å². The highest BCUT2D eigenvalue weighted by Gasteiger charge is 2.22. The van der Waals surface area contributed by atoms with Crippen LogP contribution >= 0.6 is 24.0 Å². The van der Waals surface area contributed by atoms with E-state index < -0.39 is 10.8 Å². The van der Waals surface area contributed by atoms with Gasteiger partial charge in [-0.3, -0.25) is 9.20 Å². The van der Waals surface area contributed by atoms with Gasteiger partial charge in [-0.1, -0.05) is 12.1 Å². The Labute approximate surface area is 183 Å². The summed E-state index contributed by atoms with van der Waals surface area (Å²) in [6, 6.07) is 6.30. The minimum absolute atomic E-state index is 0. The van der Waals surface area contributed by atoms with Gasteiger partial charge < -0.3 is 15.4 Å². The third kappa shape index (κ3) is 8.81. The molecule has 7 heteroatoms. The predicted molar refractivity (Wildman–Crippen MR) is 126 cm³/mol. The highest BCUT2D eigenvalue weighted by Crippen LogP contribution is 2.30. The molecule has 1 aromatic rings. The van der Waals surface area contributed by atoms with Gasteiger partial charge in [-0.15, -0.1) is 24.0 Å². The Balaban J connectivity index is 0.00000364. The molecule has 1 atom stereocenters. The number of aryl methyl sites for hydroxylation is 1. The molecule has 0 spiro atoms. The summed E-state index contributed by atoms with van der Waals surface area (Å²) in [5.41, 5.74) is 2.32. The first-order chi connectivity index (χ1) is 12.3. The molecule has 1 aromatic carbocycles. The van der Waals surface area contributed by atoms with E-state index in [0.29, 0.717) is 24.8 Å². The van der Waals surface area contributed by atoms with Crippen LogP contribution in [0.4, 0.5) is 0 Å². The molecular formula is C20H34IN3O2S. The van der Waals surface area contributed by atoms with Crippen molar-refractivity contribution in [2.24, 2.45) is 10.9 Å². The molecule has 1 aliphatic rings. The van der Waals surface area contributed by atoms with Crippen molar-refractivity contribution in [2.45, 2.75) is 51.8 Å². The monoisotopic (exact) mass is 507 g/mol. The fourth-order valence-electron chi connectivity index (χ4n) is 2.40. The first-order valence-electron chi connectivity index (χ1n) is 9.35. The van der Waals surface area contributed by atoms with E-state index in [9.17, 15) is 4.21 Å². The summed E-state index contributed by atoms with van der Waals surface area (Å²) < 4.78 is 17.9. The smallest absolute Gasteiger partial charge is 0.191 e. The molecule has 0 amide bonds. The molecule has 5 nitrogen and oxygen atoms in total. The third-order valence-corrected chi connectivity index (χ3v) is 6.27. The Bertz CT molecular complexity index is 655. The van der Waals surface area contributed by atoms with Crippen molar-refractivity contribution in [3.8, 4) is 5.75 Å². The molecule has 0 heterocycles. The Kier molecular flexibility index (Phi) is 10.1. The van der Waals surface area contributed by atoms with Gasteiger partial charge in [0.15, 0.2) is 5.96 Å². The maximum atomic E-state index is 12.1. The molecule has 0 aliphatic heterocycles. The highest BCUT2D eigenvalue weighted by molar-refractivity contribution is 14.0. The Hall–Kier alpha value is -0.830. The average molecular weight is 507 g/mol. The highest BCUT2D eigenvalue weighted by atomic mass is 127. The van der Waals surface area contributed by atoms with Gasteiger partial charge in [-0.2, -0.15) is 0 Å². The van der Waals surface area contributed by atoms with E-state index in [1.165, 1.54) is 18.4 Å². The maximum Gasteiger partial charge on any atom is 0.191 e. The molecule has 1 aliphatic carbocycles. The van der Waals surface area contributed by atoms with Crippen LogP contribution in [0.15, 0.2) is 23.2 Å². The van der Waals surface area contributed by atoms with Crippen molar-refractivity contribution in [2.75, 3.05) is 26.0 Å². The number of nitrogens with one attached hydrogen (secondary N) is 2. The minimum atomic E-state index is -0.869. The summed E-state index contributed by atoms with van der Waals surface area (Å²) in [6.07, 6.45) is 2.57. The molecule has 27 heavy (non-hydrogen) atoms. The first kappa shape index (κ1) is 24.2. The van der Waals surface area contributed by atoms with Crippen molar-refractivity contribution < 1.29 is 8.95 Å². The van der Waals surface area contributed by atoms with Crippen molar-refractivity contribution in [3.63, 3.8) is 0 Å². The first-order valence-corrected chi connectivity index (χ1v) is 10.7. The van der Waals surface area contributed by atoms with Crippen LogP contribution in [0.1, 0.15) is 44.7 Å². The molecule has 2 N–H and O–H groups in total. The Morgan fingerprint density at radius 2 is 2.00 bits per heavy atom. The summed E-state index contributed by atoms with van der Waals surface area (Å²) in [4.78, 5) is 4.25. The zero-order chi connectivity index (χ0) is 19.2. The van der Waals surface area contributed by atoms with Crippen LogP contribution < -0.4 is 15.4 Å². The fraction of sp³-hybridized carbons (Fsp3) is 0.650. The van der Waals surface area contributed by atoms with E-state index in [2.05, 4.69) is 40.7 Å². The average Bonchev–Trinajstić information content (AvgIpc) is 3.40. The number of nitrogens with zero attached hydrogens (tertiary/aromatic N) is 1. The fourth-order valence-corrected chi connectivity index (χ4v) is 3.30. The summed E-state index contributed by atoms with van der Waals surface area (Å²) >= 11 is 0.